The molecule has 0 aliphatic carbocycles. The van der Waals surface area contributed by atoms with Gasteiger partial charge in [-0.2, -0.15) is 0 Å². The van der Waals surface area contributed by atoms with E-state index < -0.39 is 19.9 Å². The Hall–Kier alpha value is -0.130. The second-order valence-electron chi connectivity index (χ2n) is 2.51. The summed E-state index contributed by atoms with van der Waals surface area (Å²) < 4.78 is 15.0. The molecule has 0 atom stereocenters. The van der Waals surface area contributed by atoms with Crippen molar-refractivity contribution in [3.8, 4) is 0 Å². The van der Waals surface area contributed by atoms with Gasteiger partial charge in [0, 0.05) is 5.88 Å². The van der Waals surface area contributed by atoms with Crippen molar-refractivity contribution in [2.45, 2.75) is 6.42 Å². The van der Waals surface area contributed by atoms with Crippen LogP contribution < -0.4 is 5.32 Å². The number of hydrogen-bond donors (Lipinski definition) is 3. The van der Waals surface area contributed by atoms with Gasteiger partial charge in [-0.05, 0) is 6.42 Å². The van der Waals surface area contributed by atoms with Gasteiger partial charge < -0.3 is 14.5 Å². The fraction of sp³-hybridized carbons (Fsp3) is 0.833. The minimum Gasteiger partial charge on any atom is -0.465 e. The van der Waals surface area contributed by atoms with Crippen LogP contribution in [0.2, 0.25) is 0 Å². The molecule has 0 amide bonds. The molecule has 0 rings (SSSR count). The van der Waals surface area contributed by atoms with Crippen molar-refractivity contribution < 1.29 is 23.9 Å². The summed E-state index contributed by atoms with van der Waals surface area (Å²) >= 11 is 5.34. The zero-order valence-electron chi connectivity index (χ0n) is 7.48. The molecule has 0 heterocycles. The van der Waals surface area contributed by atoms with Gasteiger partial charge in [-0.15, -0.1) is 11.6 Å². The third-order valence-electron chi connectivity index (χ3n) is 1.13. The van der Waals surface area contributed by atoms with E-state index in [0.29, 0.717) is 12.3 Å². The highest BCUT2D eigenvalue weighted by Crippen LogP contribution is 2.31. The highest BCUT2D eigenvalue weighted by molar-refractivity contribution is 7.51. The smallest absolute Gasteiger partial charge is 0.339 e. The first kappa shape index (κ1) is 13.9. The average Bonchev–Trinajstić information content (AvgIpc) is 2.02. The van der Waals surface area contributed by atoms with Crippen LogP contribution in [0.15, 0.2) is 0 Å². The third-order valence-corrected chi connectivity index (χ3v) is 2.03. The van der Waals surface area contributed by atoms with Crippen molar-refractivity contribution in [2.75, 3.05) is 25.3 Å². The van der Waals surface area contributed by atoms with E-state index in [2.05, 4.69) is 10.1 Å². The summed E-state index contributed by atoms with van der Waals surface area (Å²) in [5.41, 5.74) is 0. The first-order chi connectivity index (χ1) is 6.45. The monoisotopic (exact) mass is 245 g/mol. The zero-order chi connectivity index (χ0) is 11.0. The summed E-state index contributed by atoms with van der Waals surface area (Å²) in [6, 6.07) is 0. The molecular weight excluding hydrogens is 232 g/mol. The number of ether oxygens (including phenoxy) is 1. The average molecular weight is 246 g/mol. The molecule has 0 aromatic rings. The molecule has 14 heavy (non-hydrogen) atoms. The van der Waals surface area contributed by atoms with Crippen LogP contribution >= 0.6 is 19.2 Å². The van der Waals surface area contributed by atoms with Gasteiger partial charge in [0.25, 0.3) is 0 Å². The standard InChI is InChI=1S/C6H13ClNO5P/c7-2-1-3-13-6(9)4-8-5-14(10,11)12/h8H,1-5H2,(H2,10,11,12). The number of carbonyl (C=O) groups excluding carboxylic acids is 1. The first-order valence-electron chi connectivity index (χ1n) is 3.92. The SMILES string of the molecule is O=C(CNCP(=O)(O)O)OCCCCl. The predicted octanol–water partition coefficient (Wildman–Crippen LogP) is -0.117. The summed E-state index contributed by atoms with van der Waals surface area (Å²) in [5.74, 6) is -0.146. The van der Waals surface area contributed by atoms with Gasteiger partial charge >= 0.3 is 13.6 Å². The highest BCUT2D eigenvalue weighted by Gasteiger charge is 2.12. The number of nitrogens with one attached hydrogen (secondary N) is 1. The van der Waals surface area contributed by atoms with E-state index in [1.807, 2.05) is 0 Å². The molecule has 0 saturated heterocycles. The molecule has 0 saturated carbocycles. The van der Waals surface area contributed by atoms with Crippen molar-refractivity contribution in [3.63, 3.8) is 0 Å². The lowest BCUT2D eigenvalue weighted by Crippen LogP contribution is -2.25. The molecule has 84 valence electrons. The van der Waals surface area contributed by atoms with Gasteiger partial charge in [0.1, 0.15) is 0 Å². The van der Waals surface area contributed by atoms with Crippen LogP contribution in [0.4, 0.5) is 0 Å². The first-order valence-corrected chi connectivity index (χ1v) is 6.26. The third kappa shape index (κ3) is 9.95. The maximum Gasteiger partial charge on any atom is 0.339 e. The molecule has 0 fully saturated rings. The fourth-order valence-corrected chi connectivity index (χ4v) is 1.11. The van der Waals surface area contributed by atoms with Crippen LogP contribution in [0.5, 0.6) is 0 Å². The van der Waals surface area contributed by atoms with Crippen molar-refractivity contribution in [3.05, 3.63) is 0 Å². The minimum absolute atomic E-state index is 0.215. The Morgan fingerprint density at radius 2 is 2.14 bits per heavy atom. The Morgan fingerprint density at radius 3 is 2.64 bits per heavy atom. The number of hydrogen-bond acceptors (Lipinski definition) is 4. The number of carbonyl (C=O) groups is 1. The number of halogens is 1. The van der Waals surface area contributed by atoms with Crippen molar-refractivity contribution in [1.29, 1.82) is 0 Å². The Morgan fingerprint density at radius 1 is 1.50 bits per heavy atom. The van der Waals surface area contributed by atoms with Gasteiger partial charge in [-0.3, -0.25) is 14.7 Å². The molecule has 8 heteroatoms. The maximum atomic E-state index is 10.8. The normalized spacial score (nSPS) is 11.4. The van der Waals surface area contributed by atoms with E-state index in [-0.39, 0.29) is 13.2 Å². The Balaban J connectivity index is 3.41. The van der Waals surface area contributed by atoms with Gasteiger partial charge in [-0.1, -0.05) is 0 Å². The van der Waals surface area contributed by atoms with E-state index >= 15 is 0 Å². The van der Waals surface area contributed by atoms with Gasteiger partial charge in [0.15, 0.2) is 0 Å². The van der Waals surface area contributed by atoms with Crippen LogP contribution in [0.25, 0.3) is 0 Å². The van der Waals surface area contributed by atoms with E-state index in [4.69, 9.17) is 21.4 Å². The van der Waals surface area contributed by atoms with E-state index in [9.17, 15) is 9.36 Å². The number of rotatable bonds is 7. The van der Waals surface area contributed by atoms with Gasteiger partial charge in [0.05, 0.1) is 19.4 Å². The molecule has 0 bridgehead atoms. The molecule has 0 aliphatic heterocycles. The zero-order valence-corrected chi connectivity index (χ0v) is 9.13. The Bertz CT molecular complexity index is 218. The summed E-state index contributed by atoms with van der Waals surface area (Å²) in [4.78, 5) is 27.7. The van der Waals surface area contributed by atoms with E-state index in [0.717, 1.165) is 0 Å². The van der Waals surface area contributed by atoms with Crippen LogP contribution in [-0.4, -0.2) is 41.1 Å². The highest BCUT2D eigenvalue weighted by atomic mass is 35.5. The van der Waals surface area contributed by atoms with E-state index in [1.165, 1.54) is 0 Å². The van der Waals surface area contributed by atoms with Crippen LogP contribution in [0.1, 0.15) is 6.42 Å². The van der Waals surface area contributed by atoms with Crippen molar-refractivity contribution >= 4 is 25.2 Å². The van der Waals surface area contributed by atoms with Crippen molar-refractivity contribution in [2.24, 2.45) is 0 Å². The van der Waals surface area contributed by atoms with Gasteiger partial charge in [0.2, 0.25) is 0 Å². The second kappa shape index (κ2) is 7.20. The number of alkyl halides is 1. The van der Waals surface area contributed by atoms with Crippen molar-refractivity contribution in [1.82, 2.24) is 5.32 Å². The molecule has 0 aromatic heterocycles. The predicted molar refractivity (Wildman–Crippen MR) is 51.2 cm³/mol. The fourth-order valence-electron chi connectivity index (χ4n) is 0.595. The molecule has 0 aromatic carbocycles. The molecule has 0 aliphatic rings. The Labute approximate surface area is 86.7 Å². The molecular formula is C6H13ClNO5P. The second-order valence-corrected chi connectivity index (χ2v) is 4.54. The lowest BCUT2D eigenvalue weighted by molar-refractivity contribution is -0.142. The summed E-state index contributed by atoms with van der Waals surface area (Å²) in [7, 11) is -4.09. The largest absolute Gasteiger partial charge is 0.465 e. The van der Waals surface area contributed by atoms with Crippen LogP contribution in [-0.2, 0) is 14.1 Å². The van der Waals surface area contributed by atoms with Crippen LogP contribution in [0.3, 0.4) is 0 Å². The van der Waals surface area contributed by atoms with Gasteiger partial charge in [-0.25, -0.2) is 0 Å². The quantitative estimate of drug-likeness (QED) is 0.251. The van der Waals surface area contributed by atoms with Crippen LogP contribution in [0, 0.1) is 0 Å². The van der Waals surface area contributed by atoms with E-state index in [1.54, 1.807) is 0 Å². The molecule has 3 N–H and O–H groups in total. The molecule has 6 nitrogen and oxygen atoms in total. The Kier molecular flexibility index (Phi) is 7.13. The lowest BCUT2D eigenvalue weighted by atomic mass is 10.5. The topological polar surface area (TPSA) is 95.9 Å². The number of esters is 1. The summed E-state index contributed by atoms with van der Waals surface area (Å²) in [6.07, 6.45) is 0.0311. The minimum atomic E-state index is -4.09. The lowest BCUT2D eigenvalue weighted by Gasteiger charge is -2.06. The molecule has 0 spiro atoms. The summed E-state index contributed by atoms with van der Waals surface area (Å²) in [6.45, 7) is 0.00726. The maximum absolute atomic E-state index is 10.8. The molecule has 0 radical (unpaired) electrons. The summed E-state index contributed by atoms with van der Waals surface area (Å²) in [5, 5.41) is 2.28. The molecule has 0 unspecified atom stereocenters.